The average Bonchev–Trinajstić information content (AvgIpc) is 2.21. The standard InChI is InChI=1S/C10H10Cl2N4O/c1-6(17)16(10(13)14)15-5-7-8(11)3-2-4-9(7)12/h2-5H,1H3,(H3,13,14)/b15-5+. The van der Waals surface area contributed by atoms with Gasteiger partial charge in [0.05, 0.1) is 16.3 Å². The van der Waals surface area contributed by atoms with Crippen molar-refractivity contribution in [3.63, 3.8) is 0 Å². The third-order valence-corrected chi connectivity index (χ3v) is 2.49. The molecule has 90 valence electrons. The van der Waals surface area contributed by atoms with Gasteiger partial charge < -0.3 is 5.73 Å². The van der Waals surface area contributed by atoms with Gasteiger partial charge in [0.25, 0.3) is 0 Å². The Labute approximate surface area is 108 Å². The van der Waals surface area contributed by atoms with Crippen LogP contribution in [-0.4, -0.2) is 23.1 Å². The second kappa shape index (κ2) is 5.65. The molecule has 0 fully saturated rings. The summed E-state index contributed by atoms with van der Waals surface area (Å²) in [4.78, 5) is 11.1. The number of rotatable bonds is 2. The predicted octanol–water partition coefficient (Wildman–Crippen LogP) is 2.07. The highest BCUT2D eigenvalue weighted by atomic mass is 35.5. The van der Waals surface area contributed by atoms with Gasteiger partial charge in [-0.15, -0.1) is 0 Å². The minimum Gasteiger partial charge on any atom is -0.368 e. The van der Waals surface area contributed by atoms with E-state index in [0.29, 0.717) is 15.6 Å². The van der Waals surface area contributed by atoms with Crippen molar-refractivity contribution in [1.82, 2.24) is 5.01 Å². The predicted molar refractivity (Wildman–Crippen MR) is 68.5 cm³/mol. The Hall–Kier alpha value is -1.59. The number of hydrogen-bond donors (Lipinski definition) is 2. The van der Waals surface area contributed by atoms with Crippen LogP contribution in [0.1, 0.15) is 12.5 Å². The maximum Gasteiger partial charge on any atom is 0.246 e. The Morgan fingerprint density at radius 1 is 1.47 bits per heavy atom. The summed E-state index contributed by atoms with van der Waals surface area (Å²) in [6.45, 7) is 1.24. The van der Waals surface area contributed by atoms with E-state index < -0.39 is 11.9 Å². The van der Waals surface area contributed by atoms with Crippen molar-refractivity contribution < 1.29 is 4.79 Å². The number of nitrogens with two attached hydrogens (primary N) is 1. The lowest BCUT2D eigenvalue weighted by atomic mass is 10.2. The van der Waals surface area contributed by atoms with E-state index in [1.807, 2.05) is 0 Å². The average molecular weight is 273 g/mol. The number of nitrogens with one attached hydrogen (secondary N) is 1. The van der Waals surface area contributed by atoms with E-state index in [4.69, 9.17) is 34.3 Å². The molecule has 0 aliphatic heterocycles. The molecule has 5 nitrogen and oxygen atoms in total. The molecule has 0 saturated heterocycles. The van der Waals surface area contributed by atoms with Gasteiger partial charge in [-0.1, -0.05) is 29.3 Å². The number of amides is 1. The van der Waals surface area contributed by atoms with Crippen LogP contribution in [0.25, 0.3) is 0 Å². The topological polar surface area (TPSA) is 82.5 Å². The number of hydrazone groups is 1. The van der Waals surface area contributed by atoms with Gasteiger partial charge in [-0.25, -0.2) is 0 Å². The van der Waals surface area contributed by atoms with E-state index in [-0.39, 0.29) is 0 Å². The van der Waals surface area contributed by atoms with Crippen LogP contribution in [0.3, 0.4) is 0 Å². The van der Waals surface area contributed by atoms with Crippen LogP contribution < -0.4 is 5.73 Å². The summed E-state index contributed by atoms with van der Waals surface area (Å²) < 4.78 is 0. The van der Waals surface area contributed by atoms with Crippen LogP contribution >= 0.6 is 23.2 Å². The highest BCUT2D eigenvalue weighted by Gasteiger charge is 2.10. The normalized spacial score (nSPS) is 10.5. The molecule has 0 saturated carbocycles. The minimum absolute atomic E-state index is 0.397. The third-order valence-electron chi connectivity index (χ3n) is 1.83. The second-order valence-corrected chi connectivity index (χ2v) is 3.91. The first kappa shape index (κ1) is 13.5. The van der Waals surface area contributed by atoms with Gasteiger partial charge in [-0.05, 0) is 12.1 Å². The van der Waals surface area contributed by atoms with Gasteiger partial charge >= 0.3 is 0 Å². The molecule has 0 radical (unpaired) electrons. The molecule has 0 unspecified atom stereocenters. The van der Waals surface area contributed by atoms with Gasteiger partial charge in [0, 0.05) is 12.5 Å². The monoisotopic (exact) mass is 272 g/mol. The number of carbonyl (C=O) groups excluding carboxylic acids is 1. The molecule has 0 aliphatic carbocycles. The fraction of sp³-hybridized carbons (Fsp3) is 0.100. The third kappa shape index (κ3) is 3.44. The number of nitrogens with zero attached hydrogens (tertiary/aromatic N) is 2. The van der Waals surface area contributed by atoms with E-state index in [9.17, 15) is 4.79 Å². The maximum absolute atomic E-state index is 11.1. The molecule has 0 heterocycles. The molecule has 0 bridgehead atoms. The Morgan fingerprint density at radius 2 is 2.00 bits per heavy atom. The lowest BCUT2D eigenvalue weighted by molar-refractivity contribution is -0.125. The quantitative estimate of drug-likeness (QED) is 0.491. The van der Waals surface area contributed by atoms with E-state index >= 15 is 0 Å². The second-order valence-electron chi connectivity index (χ2n) is 3.10. The molecule has 0 aliphatic rings. The SMILES string of the molecule is CC(=O)N(/N=C/c1c(Cl)cccc1Cl)C(=N)N. The van der Waals surface area contributed by atoms with E-state index in [0.717, 1.165) is 5.01 Å². The molecule has 7 heteroatoms. The van der Waals surface area contributed by atoms with Gasteiger partial charge in [-0.2, -0.15) is 10.1 Å². The first-order valence-corrected chi connectivity index (χ1v) is 5.31. The summed E-state index contributed by atoms with van der Waals surface area (Å²) >= 11 is 11.8. The molecule has 17 heavy (non-hydrogen) atoms. The molecule has 1 amide bonds. The lowest BCUT2D eigenvalue weighted by Crippen LogP contribution is -2.35. The number of guanidine groups is 1. The van der Waals surface area contributed by atoms with Crippen LogP contribution in [0.2, 0.25) is 10.0 Å². The smallest absolute Gasteiger partial charge is 0.246 e. The van der Waals surface area contributed by atoms with Crippen LogP contribution in [0.15, 0.2) is 23.3 Å². The Balaban J connectivity index is 3.04. The summed E-state index contributed by atoms with van der Waals surface area (Å²) in [6, 6.07) is 4.97. The fourth-order valence-electron chi connectivity index (χ4n) is 1.06. The summed E-state index contributed by atoms with van der Waals surface area (Å²) in [5.74, 6) is -0.950. The Kier molecular flexibility index (Phi) is 4.48. The van der Waals surface area contributed by atoms with Crippen molar-refractivity contribution in [3.8, 4) is 0 Å². The molecule has 1 aromatic rings. The first-order valence-electron chi connectivity index (χ1n) is 4.56. The first-order chi connectivity index (χ1) is 7.93. The summed E-state index contributed by atoms with van der Waals surface area (Å²) in [5, 5.41) is 12.4. The molecule has 0 atom stereocenters. The zero-order valence-electron chi connectivity index (χ0n) is 8.95. The molecule has 0 aromatic heterocycles. The van der Waals surface area contributed by atoms with Crippen LogP contribution in [0.4, 0.5) is 0 Å². The van der Waals surface area contributed by atoms with Crippen molar-refractivity contribution in [1.29, 1.82) is 5.41 Å². The van der Waals surface area contributed by atoms with E-state index in [1.165, 1.54) is 13.1 Å². The summed E-state index contributed by atoms with van der Waals surface area (Å²) in [5.41, 5.74) is 5.65. The van der Waals surface area contributed by atoms with Crippen molar-refractivity contribution in [2.24, 2.45) is 10.8 Å². The summed E-state index contributed by atoms with van der Waals surface area (Å²) in [6.07, 6.45) is 1.29. The van der Waals surface area contributed by atoms with Crippen molar-refractivity contribution in [2.45, 2.75) is 6.92 Å². The summed E-state index contributed by atoms with van der Waals surface area (Å²) in [7, 11) is 0. The number of carbonyl (C=O) groups is 1. The molecular formula is C10H10Cl2N4O. The number of halogens is 2. The fourth-order valence-corrected chi connectivity index (χ4v) is 1.56. The van der Waals surface area contributed by atoms with Crippen LogP contribution in [0, 0.1) is 5.41 Å². The van der Waals surface area contributed by atoms with Crippen molar-refractivity contribution in [2.75, 3.05) is 0 Å². The van der Waals surface area contributed by atoms with E-state index in [2.05, 4.69) is 5.10 Å². The van der Waals surface area contributed by atoms with Gasteiger partial charge in [0.15, 0.2) is 0 Å². The van der Waals surface area contributed by atoms with Gasteiger partial charge in [0.1, 0.15) is 0 Å². The Bertz CT molecular complexity index is 453. The lowest BCUT2D eigenvalue weighted by Gasteiger charge is -2.11. The molecule has 1 rings (SSSR count). The molecule has 3 N–H and O–H groups in total. The van der Waals surface area contributed by atoms with Crippen LogP contribution in [-0.2, 0) is 4.79 Å². The van der Waals surface area contributed by atoms with E-state index in [1.54, 1.807) is 18.2 Å². The molecular weight excluding hydrogens is 263 g/mol. The Morgan fingerprint density at radius 3 is 2.41 bits per heavy atom. The van der Waals surface area contributed by atoms with Gasteiger partial charge in [-0.3, -0.25) is 10.2 Å². The number of hydrogen-bond acceptors (Lipinski definition) is 3. The highest BCUT2D eigenvalue weighted by Crippen LogP contribution is 2.22. The maximum atomic E-state index is 11.1. The highest BCUT2D eigenvalue weighted by molar-refractivity contribution is 6.38. The zero-order valence-corrected chi connectivity index (χ0v) is 10.5. The molecule has 1 aromatic carbocycles. The van der Waals surface area contributed by atoms with Crippen LogP contribution in [0.5, 0.6) is 0 Å². The number of benzene rings is 1. The van der Waals surface area contributed by atoms with Gasteiger partial charge in [0.2, 0.25) is 11.9 Å². The zero-order chi connectivity index (χ0) is 13.0. The minimum atomic E-state index is -0.475. The molecule has 0 spiro atoms. The largest absolute Gasteiger partial charge is 0.368 e. The van der Waals surface area contributed by atoms with Crippen molar-refractivity contribution in [3.05, 3.63) is 33.8 Å². The van der Waals surface area contributed by atoms with Crippen molar-refractivity contribution >= 4 is 41.3 Å².